The topological polar surface area (TPSA) is 118 Å². The number of carbonyl (C=O) groups excluding carboxylic acids is 4. The maximum atomic E-state index is 13.4. The van der Waals surface area contributed by atoms with E-state index < -0.39 is 29.9 Å². The van der Waals surface area contributed by atoms with Gasteiger partial charge in [-0.05, 0) is 48.5 Å². The molecule has 0 bridgehead atoms. The number of amides is 4. The molecule has 1 N–H and O–H groups in total. The fourth-order valence-electron chi connectivity index (χ4n) is 3.77. The smallest absolute Gasteiger partial charge is 0.337 e. The van der Waals surface area contributed by atoms with Crippen molar-refractivity contribution in [3.8, 4) is 5.75 Å². The Labute approximate surface area is 201 Å². The third-order valence-electron chi connectivity index (χ3n) is 5.50. The van der Waals surface area contributed by atoms with Gasteiger partial charge in [-0.15, -0.1) is 0 Å². The van der Waals surface area contributed by atoms with Crippen molar-refractivity contribution in [2.45, 2.75) is 19.0 Å². The van der Waals surface area contributed by atoms with Gasteiger partial charge in [-0.3, -0.25) is 9.59 Å². The van der Waals surface area contributed by atoms with Crippen LogP contribution in [0.25, 0.3) is 0 Å². The molecular weight excluding hydrogens is 454 g/mol. The maximum absolute atomic E-state index is 13.4. The van der Waals surface area contributed by atoms with Crippen LogP contribution in [0.1, 0.15) is 22.5 Å². The summed E-state index contributed by atoms with van der Waals surface area (Å²) in [6.07, 6.45) is 1.20. The van der Waals surface area contributed by atoms with Crippen LogP contribution in [0, 0.1) is 0 Å². The van der Waals surface area contributed by atoms with E-state index in [2.05, 4.69) is 10.1 Å². The summed E-state index contributed by atoms with van der Waals surface area (Å²) in [7, 11) is 2.77. The average Bonchev–Trinajstić information content (AvgIpc) is 3.46. The number of nitrogens with zero attached hydrogens (tertiary/aromatic N) is 2. The van der Waals surface area contributed by atoms with Crippen molar-refractivity contribution in [3.05, 3.63) is 78.3 Å². The number of imide groups is 1. The summed E-state index contributed by atoms with van der Waals surface area (Å²) in [6, 6.07) is 14.4. The molecule has 3 aromatic rings. The lowest BCUT2D eigenvalue weighted by molar-refractivity contribution is -0.124. The van der Waals surface area contributed by atoms with Crippen LogP contribution in [-0.2, 0) is 20.9 Å². The summed E-state index contributed by atoms with van der Waals surface area (Å²) in [4.78, 5) is 53.4. The third kappa shape index (κ3) is 5.01. The molecule has 1 fully saturated rings. The number of furan rings is 1. The highest BCUT2D eigenvalue weighted by Gasteiger charge is 2.47. The molecule has 4 amide bonds. The average molecular weight is 477 g/mol. The van der Waals surface area contributed by atoms with Gasteiger partial charge in [0, 0.05) is 11.8 Å². The van der Waals surface area contributed by atoms with E-state index >= 15 is 0 Å². The summed E-state index contributed by atoms with van der Waals surface area (Å²) in [5, 5.41) is 2.70. The lowest BCUT2D eigenvalue weighted by Crippen LogP contribution is -2.37. The van der Waals surface area contributed by atoms with E-state index in [-0.39, 0.29) is 13.0 Å². The van der Waals surface area contributed by atoms with Gasteiger partial charge < -0.3 is 24.1 Å². The van der Waals surface area contributed by atoms with E-state index in [0.29, 0.717) is 28.4 Å². The molecule has 10 heteroatoms. The number of carbonyl (C=O) groups is 4. The Bertz CT molecular complexity index is 1240. The summed E-state index contributed by atoms with van der Waals surface area (Å²) in [6.45, 7) is 0.0177. The first kappa shape index (κ1) is 23.6. The number of methoxy groups -OCH3 is 2. The number of benzene rings is 2. The zero-order valence-corrected chi connectivity index (χ0v) is 19.1. The minimum absolute atomic E-state index is 0.0177. The van der Waals surface area contributed by atoms with Crippen molar-refractivity contribution < 1.29 is 33.1 Å². The van der Waals surface area contributed by atoms with Gasteiger partial charge in [-0.1, -0.05) is 6.07 Å². The minimum Gasteiger partial charge on any atom is -0.497 e. The Morgan fingerprint density at radius 2 is 1.80 bits per heavy atom. The predicted octanol–water partition coefficient (Wildman–Crippen LogP) is 3.44. The highest BCUT2D eigenvalue weighted by atomic mass is 16.5. The fraction of sp³-hybridized carbons (Fsp3) is 0.200. The van der Waals surface area contributed by atoms with Gasteiger partial charge in [-0.2, -0.15) is 0 Å². The molecule has 10 nitrogen and oxygen atoms in total. The fourth-order valence-corrected chi connectivity index (χ4v) is 3.77. The molecule has 0 saturated carbocycles. The summed E-state index contributed by atoms with van der Waals surface area (Å²) >= 11 is 0. The molecule has 1 aliphatic heterocycles. The van der Waals surface area contributed by atoms with E-state index in [1.807, 2.05) is 0 Å². The van der Waals surface area contributed by atoms with Crippen LogP contribution in [-0.4, -0.2) is 49.0 Å². The monoisotopic (exact) mass is 477 g/mol. The van der Waals surface area contributed by atoms with E-state index in [1.54, 1.807) is 48.5 Å². The normalized spacial score (nSPS) is 15.3. The molecule has 1 aromatic heterocycles. The highest BCUT2D eigenvalue weighted by Crippen LogP contribution is 2.30. The molecule has 2 heterocycles. The van der Waals surface area contributed by atoms with E-state index in [1.165, 1.54) is 37.5 Å². The highest BCUT2D eigenvalue weighted by molar-refractivity contribution is 6.22. The molecule has 1 aliphatic rings. The molecule has 35 heavy (non-hydrogen) atoms. The number of anilines is 2. The number of ether oxygens (including phenoxy) is 2. The molecule has 180 valence electrons. The van der Waals surface area contributed by atoms with Gasteiger partial charge in [-0.25, -0.2) is 14.5 Å². The number of hydrogen-bond acceptors (Lipinski definition) is 7. The molecular formula is C25H23N3O7. The Morgan fingerprint density at radius 3 is 2.46 bits per heavy atom. The summed E-state index contributed by atoms with van der Waals surface area (Å²) in [5.41, 5.74) is 1.10. The molecule has 0 spiro atoms. The lowest BCUT2D eigenvalue weighted by Gasteiger charge is -2.20. The zero-order chi connectivity index (χ0) is 24.9. The summed E-state index contributed by atoms with van der Waals surface area (Å²) in [5.74, 6) is -0.547. The molecule has 2 aromatic carbocycles. The van der Waals surface area contributed by atoms with Crippen molar-refractivity contribution in [3.63, 3.8) is 0 Å². The van der Waals surface area contributed by atoms with Gasteiger partial charge in [0.1, 0.15) is 17.6 Å². The Hall–Kier alpha value is -4.60. The first-order valence-electron chi connectivity index (χ1n) is 10.7. The number of rotatable bonds is 8. The van der Waals surface area contributed by atoms with Gasteiger partial charge in [0.15, 0.2) is 0 Å². The van der Waals surface area contributed by atoms with Crippen LogP contribution in [0.5, 0.6) is 5.75 Å². The molecule has 4 rings (SSSR count). The van der Waals surface area contributed by atoms with Gasteiger partial charge >= 0.3 is 12.0 Å². The first-order valence-corrected chi connectivity index (χ1v) is 10.7. The largest absolute Gasteiger partial charge is 0.497 e. The van der Waals surface area contributed by atoms with E-state index in [4.69, 9.17) is 9.15 Å². The van der Waals surface area contributed by atoms with Crippen molar-refractivity contribution in [2.24, 2.45) is 0 Å². The van der Waals surface area contributed by atoms with Crippen molar-refractivity contribution >= 4 is 35.2 Å². The van der Waals surface area contributed by atoms with Crippen LogP contribution >= 0.6 is 0 Å². The second-order valence-electron chi connectivity index (χ2n) is 7.70. The Balaban J connectivity index is 1.55. The molecule has 0 aliphatic carbocycles. The van der Waals surface area contributed by atoms with Gasteiger partial charge in [0.05, 0.1) is 44.7 Å². The van der Waals surface area contributed by atoms with Gasteiger partial charge in [0.2, 0.25) is 5.91 Å². The quantitative estimate of drug-likeness (QED) is 0.390. The van der Waals surface area contributed by atoms with Crippen LogP contribution in [0.2, 0.25) is 0 Å². The maximum Gasteiger partial charge on any atom is 0.337 e. The van der Waals surface area contributed by atoms with Crippen molar-refractivity contribution in [2.75, 3.05) is 24.4 Å². The SMILES string of the molecule is COC(=O)c1ccc(NC(=O)C[C@H]2C(=O)N(c3cccc(OC)c3)C(=O)N2Cc2ccco2)cc1. The molecule has 1 saturated heterocycles. The third-order valence-corrected chi connectivity index (χ3v) is 5.50. The number of hydrogen-bond donors (Lipinski definition) is 1. The zero-order valence-electron chi connectivity index (χ0n) is 19.1. The number of nitrogens with one attached hydrogen (secondary N) is 1. The Morgan fingerprint density at radius 1 is 1.03 bits per heavy atom. The molecule has 0 unspecified atom stereocenters. The van der Waals surface area contributed by atoms with Crippen molar-refractivity contribution in [1.29, 1.82) is 0 Å². The molecule has 1 atom stereocenters. The number of esters is 1. The number of urea groups is 1. The van der Waals surface area contributed by atoms with Crippen LogP contribution in [0.3, 0.4) is 0 Å². The standard InChI is InChI=1S/C25H23N3O7/c1-33-19-6-3-5-18(13-19)28-23(30)21(27(25(28)32)15-20-7-4-12-35-20)14-22(29)26-17-10-8-16(9-11-17)24(31)34-2/h3-13,21H,14-15H2,1-2H3,(H,26,29)/t21-/m0/s1. The first-order chi connectivity index (χ1) is 16.9. The van der Waals surface area contributed by atoms with Crippen LogP contribution in [0.4, 0.5) is 16.2 Å². The van der Waals surface area contributed by atoms with Crippen molar-refractivity contribution in [1.82, 2.24) is 4.90 Å². The predicted molar refractivity (Wildman–Crippen MR) is 125 cm³/mol. The van der Waals surface area contributed by atoms with Crippen LogP contribution < -0.4 is 15.0 Å². The van der Waals surface area contributed by atoms with E-state index in [9.17, 15) is 19.2 Å². The molecule has 0 radical (unpaired) electrons. The second kappa shape index (κ2) is 10.1. The lowest BCUT2D eigenvalue weighted by atomic mass is 10.1. The van der Waals surface area contributed by atoms with E-state index in [0.717, 1.165) is 4.90 Å². The van der Waals surface area contributed by atoms with Gasteiger partial charge in [0.25, 0.3) is 5.91 Å². The minimum atomic E-state index is -1.05. The summed E-state index contributed by atoms with van der Waals surface area (Å²) < 4.78 is 15.2. The Kier molecular flexibility index (Phi) is 6.81. The second-order valence-corrected chi connectivity index (χ2v) is 7.70. The van der Waals surface area contributed by atoms with Crippen LogP contribution in [0.15, 0.2) is 71.3 Å².